The summed E-state index contributed by atoms with van der Waals surface area (Å²) in [5, 5.41) is 3.15. The molecule has 116 valence electrons. The molecule has 0 aromatic rings. The molecule has 1 amide bonds. The Hall–Kier alpha value is -1.05. The van der Waals surface area contributed by atoms with E-state index >= 15 is 0 Å². The fraction of sp³-hybridized carbons (Fsp3) is 0.571. The summed E-state index contributed by atoms with van der Waals surface area (Å²) in [6.07, 6.45) is 5.64. The van der Waals surface area contributed by atoms with Crippen molar-refractivity contribution in [3.05, 3.63) is 25.3 Å². The largest absolute Gasteiger partial charge is 0.353 e. The quantitative estimate of drug-likeness (QED) is 0.224. The highest BCUT2D eigenvalue weighted by Gasteiger charge is 2.07. The average Bonchev–Trinajstić information content (AvgIpc) is 2.38. The molecular formula is C14H27IN4O. The molecule has 0 bridgehead atoms. The fourth-order valence-corrected chi connectivity index (χ4v) is 1.34. The van der Waals surface area contributed by atoms with Crippen molar-refractivity contribution in [2.24, 2.45) is 4.99 Å². The molecule has 0 atom stereocenters. The molecular weight excluding hydrogens is 367 g/mol. The summed E-state index contributed by atoms with van der Waals surface area (Å²) in [5.74, 6) is 0.705. The summed E-state index contributed by atoms with van der Waals surface area (Å²) in [6.45, 7) is 9.01. The van der Waals surface area contributed by atoms with E-state index in [1.54, 1.807) is 20.2 Å². The lowest BCUT2D eigenvalue weighted by molar-refractivity contribution is -0.127. The van der Waals surface area contributed by atoms with Gasteiger partial charge in [0.2, 0.25) is 5.91 Å². The lowest BCUT2D eigenvalue weighted by Gasteiger charge is -2.22. The third kappa shape index (κ3) is 9.82. The molecule has 0 rings (SSSR count). The second-order valence-corrected chi connectivity index (χ2v) is 4.45. The number of halogens is 1. The first-order valence-corrected chi connectivity index (χ1v) is 6.44. The van der Waals surface area contributed by atoms with Gasteiger partial charge >= 0.3 is 0 Å². The molecule has 0 unspecified atom stereocenters. The molecule has 0 radical (unpaired) electrons. The van der Waals surface area contributed by atoms with Crippen molar-refractivity contribution in [1.29, 1.82) is 0 Å². The summed E-state index contributed by atoms with van der Waals surface area (Å²) in [6, 6.07) is 0. The number of carbonyl (C=O) groups excluding carboxylic acids is 1. The standard InChI is InChI=1S/C14H26N4O.HI/c1-6-8-9-11-18(5)14(15-10-7-2)16-12-13(19)17(3)4;/h6-7H,1-2,8-12H2,3-5H3,(H,15,16);1H. The minimum absolute atomic E-state index is 0. The SMILES string of the molecule is C=CCCCN(C)C(=NCC(=O)N(C)C)NCC=C.I. The van der Waals surface area contributed by atoms with Crippen molar-refractivity contribution >= 4 is 35.8 Å². The van der Waals surface area contributed by atoms with Crippen LogP contribution in [0.5, 0.6) is 0 Å². The number of rotatable bonds is 8. The number of guanidine groups is 1. The number of allylic oxidation sites excluding steroid dienone is 1. The number of hydrogen-bond donors (Lipinski definition) is 1. The van der Waals surface area contributed by atoms with E-state index in [0.29, 0.717) is 6.54 Å². The molecule has 0 spiro atoms. The van der Waals surface area contributed by atoms with Gasteiger partial charge in [0, 0.05) is 34.2 Å². The van der Waals surface area contributed by atoms with E-state index in [1.807, 2.05) is 18.0 Å². The van der Waals surface area contributed by atoms with Crippen molar-refractivity contribution in [3.63, 3.8) is 0 Å². The van der Waals surface area contributed by atoms with Crippen LogP contribution in [-0.2, 0) is 4.79 Å². The van der Waals surface area contributed by atoms with Gasteiger partial charge in [-0.2, -0.15) is 0 Å². The molecule has 20 heavy (non-hydrogen) atoms. The van der Waals surface area contributed by atoms with E-state index in [0.717, 1.165) is 25.3 Å². The molecule has 1 N–H and O–H groups in total. The summed E-state index contributed by atoms with van der Waals surface area (Å²) >= 11 is 0. The molecule has 0 saturated carbocycles. The third-order valence-corrected chi connectivity index (χ3v) is 2.53. The highest BCUT2D eigenvalue weighted by Crippen LogP contribution is 1.95. The molecule has 0 aromatic heterocycles. The summed E-state index contributed by atoms with van der Waals surface area (Å²) in [4.78, 5) is 19.4. The van der Waals surface area contributed by atoms with E-state index in [4.69, 9.17) is 0 Å². The van der Waals surface area contributed by atoms with Crippen molar-refractivity contribution in [3.8, 4) is 0 Å². The van der Waals surface area contributed by atoms with Gasteiger partial charge in [0.25, 0.3) is 0 Å². The Labute approximate surface area is 139 Å². The highest BCUT2D eigenvalue weighted by molar-refractivity contribution is 14.0. The van der Waals surface area contributed by atoms with Crippen LogP contribution in [-0.4, -0.2) is 62.4 Å². The average molecular weight is 394 g/mol. The molecule has 0 saturated heterocycles. The zero-order chi connectivity index (χ0) is 14.7. The predicted molar refractivity (Wildman–Crippen MR) is 96.7 cm³/mol. The van der Waals surface area contributed by atoms with E-state index in [9.17, 15) is 4.79 Å². The maximum atomic E-state index is 11.5. The molecule has 0 aliphatic rings. The summed E-state index contributed by atoms with van der Waals surface area (Å²) in [5.41, 5.74) is 0. The molecule has 0 fully saturated rings. The first-order chi connectivity index (χ1) is 9.02. The maximum absolute atomic E-state index is 11.5. The molecule has 5 nitrogen and oxygen atoms in total. The first kappa shape index (κ1) is 21.3. The second-order valence-electron chi connectivity index (χ2n) is 4.45. The number of likely N-dealkylation sites (N-methyl/N-ethyl adjacent to an activating group) is 1. The lowest BCUT2D eigenvalue weighted by Crippen LogP contribution is -2.40. The number of carbonyl (C=O) groups is 1. The van der Waals surface area contributed by atoms with E-state index in [2.05, 4.69) is 23.5 Å². The normalized spacial score (nSPS) is 10.2. The van der Waals surface area contributed by atoms with E-state index in [1.165, 1.54) is 4.90 Å². The molecule has 6 heteroatoms. The number of nitrogens with zero attached hydrogens (tertiary/aromatic N) is 3. The Morgan fingerprint density at radius 3 is 2.40 bits per heavy atom. The van der Waals surface area contributed by atoms with Crippen LogP contribution >= 0.6 is 24.0 Å². The zero-order valence-corrected chi connectivity index (χ0v) is 15.1. The highest BCUT2D eigenvalue weighted by atomic mass is 127. The van der Waals surface area contributed by atoms with Crippen LogP contribution in [0, 0.1) is 0 Å². The predicted octanol–water partition coefficient (Wildman–Crippen LogP) is 1.72. The van der Waals surface area contributed by atoms with Gasteiger partial charge < -0.3 is 15.1 Å². The Balaban J connectivity index is 0. The van der Waals surface area contributed by atoms with Crippen LogP contribution in [0.4, 0.5) is 0 Å². The summed E-state index contributed by atoms with van der Waals surface area (Å²) < 4.78 is 0. The lowest BCUT2D eigenvalue weighted by atomic mass is 10.3. The Morgan fingerprint density at radius 2 is 1.90 bits per heavy atom. The summed E-state index contributed by atoms with van der Waals surface area (Å²) in [7, 11) is 5.41. The molecule has 0 heterocycles. The number of nitrogens with one attached hydrogen (secondary N) is 1. The van der Waals surface area contributed by atoms with Crippen LogP contribution in [0.2, 0.25) is 0 Å². The number of unbranched alkanes of at least 4 members (excludes halogenated alkanes) is 1. The molecule has 0 aliphatic heterocycles. The van der Waals surface area contributed by atoms with Gasteiger partial charge in [-0.1, -0.05) is 12.2 Å². The minimum atomic E-state index is -0.0163. The molecule has 0 aromatic carbocycles. The fourth-order valence-electron chi connectivity index (χ4n) is 1.34. The van der Waals surface area contributed by atoms with Crippen molar-refractivity contribution in [2.75, 3.05) is 40.8 Å². The number of hydrogen-bond acceptors (Lipinski definition) is 2. The van der Waals surface area contributed by atoms with Crippen LogP contribution in [0.25, 0.3) is 0 Å². The topological polar surface area (TPSA) is 47.9 Å². The Kier molecular flexibility index (Phi) is 13.8. The Bertz CT molecular complexity index is 329. The van der Waals surface area contributed by atoms with Gasteiger partial charge in [-0.3, -0.25) is 4.79 Å². The second kappa shape index (κ2) is 13.0. The van der Waals surface area contributed by atoms with Gasteiger partial charge in [0.1, 0.15) is 6.54 Å². The van der Waals surface area contributed by atoms with Crippen LogP contribution in [0.15, 0.2) is 30.3 Å². The van der Waals surface area contributed by atoms with Crippen molar-refractivity contribution in [1.82, 2.24) is 15.1 Å². The van der Waals surface area contributed by atoms with Gasteiger partial charge in [-0.25, -0.2) is 4.99 Å². The minimum Gasteiger partial charge on any atom is -0.353 e. The maximum Gasteiger partial charge on any atom is 0.243 e. The van der Waals surface area contributed by atoms with Gasteiger partial charge in [0.05, 0.1) is 0 Å². The van der Waals surface area contributed by atoms with E-state index in [-0.39, 0.29) is 36.4 Å². The first-order valence-electron chi connectivity index (χ1n) is 6.44. The van der Waals surface area contributed by atoms with Gasteiger partial charge in [-0.15, -0.1) is 37.1 Å². The zero-order valence-electron chi connectivity index (χ0n) is 12.8. The third-order valence-electron chi connectivity index (χ3n) is 2.53. The molecule has 0 aliphatic carbocycles. The van der Waals surface area contributed by atoms with E-state index < -0.39 is 0 Å². The number of aliphatic imine (C=N–C) groups is 1. The van der Waals surface area contributed by atoms with Gasteiger partial charge in [0.15, 0.2) is 5.96 Å². The Morgan fingerprint density at radius 1 is 1.25 bits per heavy atom. The van der Waals surface area contributed by atoms with Crippen LogP contribution < -0.4 is 5.32 Å². The van der Waals surface area contributed by atoms with Crippen molar-refractivity contribution < 1.29 is 4.79 Å². The van der Waals surface area contributed by atoms with Crippen molar-refractivity contribution in [2.45, 2.75) is 12.8 Å². The smallest absolute Gasteiger partial charge is 0.243 e. The van der Waals surface area contributed by atoms with Gasteiger partial charge in [-0.05, 0) is 12.8 Å². The van der Waals surface area contributed by atoms with Crippen LogP contribution in [0.1, 0.15) is 12.8 Å². The monoisotopic (exact) mass is 394 g/mol. The van der Waals surface area contributed by atoms with Crippen LogP contribution in [0.3, 0.4) is 0 Å². The number of amides is 1.